The number of nitrogens with two attached hydrogens (primary N) is 1. The van der Waals surface area contributed by atoms with Crippen LogP contribution in [-0.4, -0.2) is 18.8 Å². The van der Waals surface area contributed by atoms with Crippen LogP contribution in [0.1, 0.15) is 46.0 Å². The van der Waals surface area contributed by atoms with Crippen molar-refractivity contribution in [2.24, 2.45) is 11.7 Å². The second kappa shape index (κ2) is 4.97. The van der Waals surface area contributed by atoms with Crippen molar-refractivity contribution in [3.63, 3.8) is 0 Å². The molecule has 1 fully saturated rings. The van der Waals surface area contributed by atoms with Gasteiger partial charge in [0.2, 0.25) is 0 Å². The average Bonchev–Trinajstić information content (AvgIpc) is 2.49. The Morgan fingerprint density at radius 3 is 2.77 bits per heavy atom. The Morgan fingerprint density at radius 1 is 1.46 bits per heavy atom. The van der Waals surface area contributed by atoms with E-state index >= 15 is 0 Å². The number of hydrogen-bond acceptors (Lipinski definition) is 2. The van der Waals surface area contributed by atoms with Crippen molar-refractivity contribution >= 4 is 0 Å². The zero-order valence-electron chi connectivity index (χ0n) is 9.01. The zero-order chi connectivity index (χ0) is 9.73. The molecule has 0 aliphatic heterocycles. The van der Waals surface area contributed by atoms with Crippen LogP contribution in [0.5, 0.6) is 0 Å². The molecule has 1 aliphatic rings. The van der Waals surface area contributed by atoms with Gasteiger partial charge in [-0.2, -0.15) is 0 Å². The SMILES string of the molecule is CCOCCC1(N)CCC(CC)C1. The molecule has 0 aromatic rings. The third kappa shape index (κ3) is 3.28. The van der Waals surface area contributed by atoms with Gasteiger partial charge in [-0.15, -0.1) is 0 Å². The van der Waals surface area contributed by atoms with E-state index in [2.05, 4.69) is 6.92 Å². The van der Waals surface area contributed by atoms with E-state index in [0.717, 1.165) is 25.6 Å². The Kier molecular flexibility index (Phi) is 4.20. The quantitative estimate of drug-likeness (QED) is 0.667. The van der Waals surface area contributed by atoms with Crippen LogP contribution in [0.2, 0.25) is 0 Å². The molecule has 0 aromatic carbocycles. The maximum Gasteiger partial charge on any atom is 0.0483 e. The van der Waals surface area contributed by atoms with Crippen LogP contribution in [0.15, 0.2) is 0 Å². The minimum atomic E-state index is 0.0931. The Morgan fingerprint density at radius 2 is 2.23 bits per heavy atom. The molecule has 13 heavy (non-hydrogen) atoms. The van der Waals surface area contributed by atoms with Gasteiger partial charge in [-0.1, -0.05) is 13.3 Å². The lowest BCUT2D eigenvalue weighted by atomic mass is 9.93. The Labute approximate surface area is 81.8 Å². The highest BCUT2D eigenvalue weighted by Crippen LogP contribution is 2.36. The lowest BCUT2D eigenvalue weighted by Crippen LogP contribution is -2.38. The molecule has 0 bridgehead atoms. The van der Waals surface area contributed by atoms with E-state index in [0.29, 0.717) is 0 Å². The fourth-order valence-electron chi connectivity index (χ4n) is 2.27. The smallest absolute Gasteiger partial charge is 0.0483 e. The first-order chi connectivity index (χ1) is 6.20. The van der Waals surface area contributed by atoms with Gasteiger partial charge in [0.05, 0.1) is 0 Å². The molecule has 1 aliphatic carbocycles. The molecule has 0 radical (unpaired) electrons. The molecule has 0 heterocycles. The second-order valence-electron chi connectivity index (χ2n) is 4.33. The number of rotatable bonds is 5. The largest absolute Gasteiger partial charge is 0.382 e. The molecular weight excluding hydrogens is 162 g/mol. The first kappa shape index (κ1) is 11.0. The normalized spacial score (nSPS) is 33.9. The summed E-state index contributed by atoms with van der Waals surface area (Å²) in [4.78, 5) is 0. The molecule has 2 heteroatoms. The van der Waals surface area contributed by atoms with Crippen molar-refractivity contribution in [2.75, 3.05) is 13.2 Å². The second-order valence-corrected chi connectivity index (χ2v) is 4.33. The third-order valence-corrected chi connectivity index (χ3v) is 3.27. The molecule has 2 unspecified atom stereocenters. The lowest BCUT2D eigenvalue weighted by Gasteiger charge is -2.23. The van der Waals surface area contributed by atoms with E-state index in [4.69, 9.17) is 10.5 Å². The van der Waals surface area contributed by atoms with Gasteiger partial charge >= 0.3 is 0 Å². The van der Waals surface area contributed by atoms with Crippen LogP contribution < -0.4 is 5.73 Å². The molecular formula is C11H23NO. The summed E-state index contributed by atoms with van der Waals surface area (Å²) in [5.74, 6) is 0.867. The minimum Gasteiger partial charge on any atom is -0.382 e. The van der Waals surface area contributed by atoms with E-state index in [1.54, 1.807) is 0 Å². The van der Waals surface area contributed by atoms with Crippen molar-refractivity contribution in [3.05, 3.63) is 0 Å². The van der Waals surface area contributed by atoms with Crippen molar-refractivity contribution in [3.8, 4) is 0 Å². The van der Waals surface area contributed by atoms with E-state index in [-0.39, 0.29) is 5.54 Å². The molecule has 2 N–H and O–H groups in total. The molecule has 0 saturated heterocycles. The topological polar surface area (TPSA) is 35.2 Å². The fraction of sp³-hybridized carbons (Fsp3) is 1.00. The van der Waals surface area contributed by atoms with Gasteiger partial charge in [-0.05, 0) is 38.5 Å². The van der Waals surface area contributed by atoms with Gasteiger partial charge in [0.1, 0.15) is 0 Å². The first-order valence-corrected chi connectivity index (χ1v) is 5.57. The number of ether oxygens (including phenoxy) is 1. The van der Waals surface area contributed by atoms with Crippen LogP contribution in [0, 0.1) is 5.92 Å². The molecule has 0 aromatic heterocycles. The Balaban J connectivity index is 2.23. The fourth-order valence-corrected chi connectivity index (χ4v) is 2.27. The predicted molar refractivity (Wildman–Crippen MR) is 55.7 cm³/mol. The van der Waals surface area contributed by atoms with Gasteiger partial charge in [0, 0.05) is 18.8 Å². The predicted octanol–water partition coefficient (Wildman–Crippen LogP) is 2.32. The Hall–Kier alpha value is -0.0800. The zero-order valence-corrected chi connectivity index (χ0v) is 9.01. The van der Waals surface area contributed by atoms with E-state index in [9.17, 15) is 0 Å². The molecule has 2 atom stereocenters. The van der Waals surface area contributed by atoms with Gasteiger partial charge in [-0.25, -0.2) is 0 Å². The summed E-state index contributed by atoms with van der Waals surface area (Å²) >= 11 is 0. The summed E-state index contributed by atoms with van der Waals surface area (Å²) in [7, 11) is 0. The lowest BCUT2D eigenvalue weighted by molar-refractivity contribution is 0.125. The summed E-state index contributed by atoms with van der Waals surface area (Å²) in [6.45, 7) is 5.95. The van der Waals surface area contributed by atoms with Crippen molar-refractivity contribution < 1.29 is 4.74 Å². The van der Waals surface area contributed by atoms with E-state index in [1.165, 1.54) is 25.7 Å². The van der Waals surface area contributed by atoms with Crippen LogP contribution >= 0.6 is 0 Å². The highest BCUT2D eigenvalue weighted by Gasteiger charge is 2.34. The molecule has 2 nitrogen and oxygen atoms in total. The van der Waals surface area contributed by atoms with Crippen LogP contribution in [-0.2, 0) is 4.74 Å². The standard InChI is InChI=1S/C11H23NO/c1-3-10-5-6-11(12,9-10)7-8-13-4-2/h10H,3-9,12H2,1-2H3. The average molecular weight is 185 g/mol. The molecule has 78 valence electrons. The van der Waals surface area contributed by atoms with Gasteiger partial charge in [0.15, 0.2) is 0 Å². The summed E-state index contributed by atoms with van der Waals surface area (Å²) in [6.07, 6.45) is 6.04. The van der Waals surface area contributed by atoms with Gasteiger partial charge < -0.3 is 10.5 Å². The third-order valence-electron chi connectivity index (χ3n) is 3.27. The summed E-state index contributed by atoms with van der Waals surface area (Å²) in [5, 5.41) is 0. The van der Waals surface area contributed by atoms with Crippen molar-refractivity contribution in [1.82, 2.24) is 0 Å². The van der Waals surface area contributed by atoms with E-state index in [1.807, 2.05) is 6.92 Å². The minimum absolute atomic E-state index is 0.0931. The summed E-state index contributed by atoms with van der Waals surface area (Å²) in [6, 6.07) is 0. The highest BCUT2D eigenvalue weighted by atomic mass is 16.5. The Bertz CT molecular complexity index is 149. The maximum absolute atomic E-state index is 6.29. The number of hydrogen-bond donors (Lipinski definition) is 1. The summed E-state index contributed by atoms with van der Waals surface area (Å²) < 4.78 is 5.35. The van der Waals surface area contributed by atoms with Crippen LogP contribution in [0.25, 0.3) is 0 Å². The van der Waals surface area contributed by atoms with Gasteiger partial charge in [0.25, 0.3) is 0 Å². The van der Waals surface area contributed by atoms with Crippen molar-refractivity contribution in [1.29, 1.82) is 0 Å². The molecule has 1 saturated carbocycles. The first-order valence-electron chi connectivity index (χ1n) is 5.57. The van der Waals surface area contributed by atoms with E-state index < -0.39 is 0 Å². The molecule has 1 rings (SSSR count). The van der Waals surface area contributed by atoms with Crippen molar-refractivity contribution in [2.45, 2.75) is 51.5 Å². The maximum atomic E-state index is 6.29. The van der Waals surface area contributed by atoms with Gasteiger partial charge in [-0.3, -0.25) is 0 Å². The van der Waals surface area contributed by atoms with Crippen LogP contribution in [0.4, 0.5) is 0 Å². The summed E-state index contributed by atoms with van der Waals surface area (Å²) in [5.41, 5.74) is 6.38. The highest BCUT2D eigenvalue weighted by molar-refractivity contribution is 4.92. The molecule has 0 spiro atoms. The van der Waals surface area contributed by atoms with Crippen LogP contribution in [0.3, 0.4) is 0 Å². The monoisotopic (exact) mass is 185 g/mol. The molecule has 0 amide bonds.